The molecule has 0 saturated carbocycles. The molecular formula is C17H15NO2. The van der Waals surface area contributed by atoms with Gasteiger partial charge in [-0.15, -0.1) is 0 Å². The molecule has 20 heavy (non-hydrogen) atoms. The Kier molecular flexibility index (Phi) is 3.35. The predicted molar refractivity (Wildman–Crippen MR) is 78.7 cm³/mol. The van der Waals surface area contributed by atoms with E-state index in [1.54, 1.807) is 25.3 Å². The summed E-state index contributed by atoms with van der Waals surface area (Å²) in [5.74, 6) is 0.227. The van der Waals surface area contributed by atoms with Crippen molar-refractivity contribution in [3.8, 4) is 5.75 Å². The van der Waals surface area contributed by atoms with Crippen LogP contribution in [0.3, 0.4) is 0 Å². The SMILES string of the molecule is COC(c1cccc(O)c1)c1ccc2ccccc2n1. The van der Waals surface area contributed by atoms with Crippen LogP contribution < -0.4 is 0 Å². The molecule has 0 fully saturated rings. The summed E-state index contributed by atoms with van der Waals surface area (Å²) in [7, 11) is 1.64. The molecule has 3 heteroatoms. The van der Waals surface area contributed by atoms with Crippen molar-refractivity contribution >= 4 is 10.9 Å². The largest absolute Gasteiger partial charge is 0.508 e. The van der Waals surface area contributed by atoms with E-state index in [0.29, 0.717) is 0 Å². The Labute approximate surface area is 117 Å². The Morgan fingerprint density at radius 2 is 1.85 bits per heavy atom. The molecule has 2 aromatic carbocycles. The van der Waals surface area contributed by atoms with Gasteiger partial charge in [0, 0.05) is 12.5 Å². The maximum absolute atomic E-state index is 9.60. The van der Waals surface area contributed by atoms with E-state index in [1.807, 2.05) is 42.5 Å². The number of benzene rings is 2. The van der Waals surface area contributed by atoms with Crippen molar-refractivity contribution in [2.45, 2.75) is 6.10 Å². The molecular weight excluding hydrogens is 250 g/mol. The van der Waals surface area contributed by atoms with Gasteiger partial charge in [-0.05, 0) is 29.8 Å². The number of rotatable bonds is 3. The predicted octanol–water partition coefficient (Wildman–Crippen LogP) is 3.68. The molecule has 3 rings (SSSR count). The van der Waals surface area contributed by atoms with Crippen LogP contribution in [0.5, 0.6) is 5.75 Å². The number of methoxy groups -OCH3 is 1. The summed E-state index contributed by atoms with van der Waals surface area (Å²) in [5.41, 5.74) is 2.65. The first-order valence-electron chi connectivity index (χ1n) is 6.45. The molecule has 0 spiro atoms. The summed E-state index contributed by atoms with van der Waals surface area (Å²) in [4.78, 5) is 4.65. The zero-order valence-electron chi connectivity index (χ0n) is 11.2. The molecule has 0 aliphatic heterocycles. The second-order valence-corrected chi connectivity index (χ2v) is 4.64. The Morgan fingerprint density at radius 1 is 1.00 bits per heavy atom. The molecule has 1 heterocycles. The van der Waals surface area contributed by atoms with Crippen LogP contribution in [0.25, 0.3) is 10.9 Å². The van der Waals surface area contributed by atoms with Crippen molar-refractivity contribution in [2.24, 2.45) is 0 Å². The first-order chi connectivity index (χ1) is 9.78. The van der Waals surface area contributed by atoms with Crippen LogP contribution in [0.15, 0.2) is 60.7 Å². The smallest absolute Gasteiger partial charge is 0.124 e. The maximum Gasteiger partial charge on any atom is 0.124 e. The second-order valence-electron chi connectivity index (χ2n) is 4.64. The standard InChI is InChI=1S/C17H15NO2/c1-20-17(13-6-4-7-14(19)11-13)16-10-9-12-5-2-3-8-15(12)18-16/h2-11,17,19H,1H3. The van der Waals surface area contributed by atoms with E-state index in [2.05, 4.69) is 4.98 Å². The first kappa shape index (κ1) is 12.6. The minimum absolute atomic E-state index is 0.227. The van der Waals surface area contributed by atoms with Gasteiger partial charge in [-0.2, -0.15) is 0 Å². The van der Waals surface area contributed by atoms with Gasteiger partial charge in [0.2, 0.25) is 0 Å². The Hall–Kier alpha value is -2.39. The van der Waals surface area contributed by atoms with Crippen molar-refractivity contribution < 1.29 is 9.84 Å². The lowest BCUT2D eigenvalue weighted by atomic mass is 10.0. The molecule has 1 atom stereocenters. The van der Waals surface area contributed by atoms with Gasteiger partial charge < -0.3 is 9.84 Å². The van der Waals surface area contributed by atoms with Crippen LogP contribution in [0.2, 0.25) is 0 Å². The lowest BCUT2D eigenvalue weighted by Crippen LogP contribution is -2.05. The van der Waals surface area contributed by atoms with Gasteiger partial charge in [0.25, 0.3) is 0 Å². The molecule has 1 N–H and O–H groups in total. The Bertz CT molecular complexity index is 740. The number of ether oxygens (including phenoxy) is 1. The van der Waals surface area contributed by atoms with E-state index >= 15 is 0 Å². The highest BCUT2D eigenvalue weighted by Gasteiger charge is 2.15. The van der Waals surface area contributed by atoms with Crippen LogP contribution in [0.4, 0.5) is 0 Å². The monoisotopic (exact) mass is 265 g/mol. The van der Waals surface area contributed by atoms with Gasteiger partial charge in [0.15, 0.2) is 0 Å². The minimum Gasteiger partial charge on any atom is -0.508 e. The summed E-state index contributed by atoms with van der Waals surface area (Å²) in [5, 5.41) is 10.7. The number of aromatic hydroxyl groups is 1. The molecule has 0 saturated heterocycles. The van der Waals surface area contributed by atoms with Crippen LogP contribution >= 0.6 is 0 Å². The van der Waals surface area contributed by atoms with Crippen LogP contribution in [0, 0.1) is 0 Å². The Balaban J connectivity index is 2.07. The highest BCUT2D eigenvalue weighted by atomic mass is 16.5. The first-order valence-corrected chi connectivity index (χ1v) is 6.45. The molecule has 0 radical (unpaired) electrons. The number of hydrogen-bond acceptors (Lipinski definition) is 3. The van der Waals surface area contributed by atoms with Gasteiger partial charge in [-0.25, -0.2) is 4.98 Å². The van der Waals surface area contributed by atoms with Crippen LogP contribution in [-0.2, 0) is 4.74 Å². The molecule has 1 aromatic heterocycles. The molecule has 0 amide bonds. The number of fused-ring (bicyclic) bond motifs is 1. The van der Waals surface area contributed by atoms with Crippen molar-refractivity contribution in [1.29, 1.82) is 0 Å². The fourth-order valence-electron chi connectivity index (χ4n) is 2.34. The highest BCUT2D eigenvalue weighted by molar-refractivity contribution is 5.78. The third-order valence-corrected chi connectivity index (χ3v) is 3.30. The molecule has 0 aliphatic carbocycles. The fraction of sp³-hybridized carbons (Fsp3) is 0.118. The maximum atomic E-state index is 9.60. The van der Waals surface area contributed by atoms with E-state index in [1.165, 1.54) is 0 Å². The van der Waals surface area contributed by atoms with Gasteiger partial charge in [-0.1, -0.05) is 36.4 Å². The molecule has 0 aliphatic rings. The summed E-state index contributed by atoms with van der Waals surface area (Å²) < 4.78 is 5.55. The summed E-state index contributed by atoms with van der Waals surface area (Å²) >= 11 is 0. The highest BCUT2D eigenvalue weighted by Crippen LogP contribution is 2.27. The van der Waals surface area contributed by atoms with Crippen LogP contribution in [0.1, 0.15) is 17.4 Å². The summed E-state index contributed by atoms with van der Waals surface area (Å²) in [6, 6.07) is 19.0. The molecule has 3 nitrogen and oxygen atoms in total. The topological polar surface area (TPSA) is 42.4 Å². The van der Waals surface area contributed by atoms with E-state index in [9.17, 15) is 5.11 Å². The van der Waals surface area contributed by atoms with Crippen LogP contribution in [-0.4, -0.2) is 17.2 Å². The fourth-order valence-corrected chi connectivity index (χ4v) is 2.34. The number of phenols is 1. The van der Waals surface area contributed by atoms with E-state index < -0.39 is 0 Å². The van der Waals surface area contributed by atoms with Crippen molar-refractivity contribution in [3.05, 3.63) is 71.9 Å². The average Bonchev–Trinajstić information content (AvgIpc) is 2.48. The number of pyridine rings is 1. The third kappa shape index (κ3) is 2.36. The number of phenolic OH excluding ortho intramolecular Hbond substituents is 1. The lowest BCUT2D eigenvalue weighted by Gasteiger charge is -2.16. The minimum atomic E-state index is -0.285. The lowest BCUT2D eigenvalue weighted by molar-refractivity contribution is 0.133. The van der Waals surface area contributed by atoms with E-state index in [-0.39, 0.29) is 11.9 Å². The van der Waals surface area contributed by atoms with Gasteiger partial charge in [-0.3, -0.25) is 0 Å². The third-order valence-electron chi connectivity index (χ3n) is 3.30. The quantitative estimate of drug-likeness (QED) is 0.785. The number of aromatic nitrogens is 1. The zero-order valence-corrected chi connectivity index (χ0v) is 11.2. The number of nitrogens with zero attached hydrogens (tertiary/aromatic N) is 1. The summed E-state index contributed by atoms with van der Waals surface area (Å²) in [6.45, 7) is 0. The molecule has 0 bridgehead atoms. The molecule has 1 unspecified atom stereocenters. The number of hydrogen-bond donors (Lipinski definition) is 1. The Morgan fingerprint density at radius 3 is 2.65 bits per heavy atom. The van der Waals surface area contributed by atoms with E-state index in [4.69, 9.17) is 4.74 Å². The van der Waals surface area contributed by atoms with Gasteiger partial charge >= 0.3 is 0 Å². The van der Waals surface area contributed by atoms with Crippen molar-refractivity contribution in [2.75, 3.05) is 7.11 Å². The molecule has 3 aromatic rings. The second kappa shape index (κ2) is 5.31. The number of para-hydroxylation sites is 1. The normalized spacial score (nSPS) is 12.4. The average molecular weight is 265 g/mol. The summed E-state index contributed by atoms with van der Waals surface area (Å²) in [6.07, 6.45) is -0.285. The zero-order chi connectivity index (χ0) is 13.9. The van der Waals surface area contributed by atoms with Crippen molar-refractivity contribution in [3.63, 3.8) is 0 Å². The van der Waals surface area contributed by atoms with Crippen molar-refractivity contribution in [1.82, 2.24) is 4.98 Å². The van der Waals surface area contributed by atoms with E-state index in [0.717, 1.165) is 22.2 Å². The molecule has 100 valence electrons. The van der Waals surface area contributed by atoms with Gasteiger partial charge in [0.1, 0.15) is 11.9 Å². The van der Waals surface area contributed by atoms with Gasteiger partial charge in [0.05, 0.1) is 11.2 Å².